The number of methoxy groups -OCH3 is 1. The second kappa shape index (κ2) is 5.28. The third-order valence-corrected chi connectivity index (χ3v) is 3.18. The van der Waals surface area contributed by atoms with E-state index in [2.05, 4.69) is 20.7 Å². The summed E-state index contributed by atoms with van der Waals surface area (Å²) in [5.41, 5.74) is 7.95. The molecule has 0 saturated carbocycles. The van der Waals surface area contributed by atoms with Crippen LogP contribution in [0, 0.1) is 6.92 Å². The van der Waals surface area contributed by atoms with Crippen molar-refractivity contribution < 1.29 is 9.53 Å². The van der Waals surface area contributed by atoms with E-state index in [-0.39, 0.29) is 18.4 Å². The highest BCUT2D eigenvalue weighted by Gasteiger charge is 2.14. The smallest absolute Gasteiger partial charge is 0.307 e. The van der Waals surface area contributed by atoms with E-state index < -0.39 is 0 Å². The summed E-state index contributed by atoms with van der Waals surface area (Å²) in [4.78, 5) is 11.1. The Hall–Kier alpha value is -0.870. The quantitative estimate of drug-likeness (QED) is 0.859. The van der Waals surface area contributed by atoms with Crippen molar-refractivity contribution in [1.82, 2.24) is 0 Å². The third kappa shape index (κ3) is 3.04. The lowest BCUT2D eigenvalue weighted by molar-refractivity contribution is -0.141. The Bertz CT molecular complexity index is 366. The molecule has 0 spiro atoms. The number of esters is 1. The van der Waals surface area contributed by atoms with Crippen molar-refractivity contribution in [3.8, 4) is 0 Å². The number of ether oxygens (including phenoxy) is 1. The summed E-state index contributed by atoms with van der Waals surface area (Å²) in [5.74, 6) is -0.290. The zero-order valence-electron chi connectivity index (χ0n) is 8.79. The van der Waals surface area contributed by atoms with E-state index in [1.807, 2.05) is 25.1 Å². The molecular weight excluding hydrogens is 258 g/mol. The van der Waals surface area contributed by atoms with Crippen LogP contribution in [-0.2, 0) is 9.53 Å². The molecule has 0 aromatic heterocycles. The summed E-state index contributed by atoms with van der Waals surface area (Å²) in [6, 6.07) is 5.47. The summed E-state index contributed by atoms with van der Waals surface area (Å²) >= 11 is 3.43. The lowest BCUT2D eigenvalue weighted by Crippen LogP contribution is -2.17. The molecule has 1 rings (SSSR count). The van der Waals surface area contributed by atoms with Crippen LogP contribution in [0.3, 0.4) is 0 Å². The van der Waals surface area contributed by atoms with Gasteiger partial charge in [-0.05, 0) is 24.1 Å². The molecule has 4 heteroatoms. The Labute approximate surface area is 97.7 Å². The minimum absolute atomic E-state index is 0.202. The first-order valence-electron chi connectivity index (χ1n) is 4.63. The number of nitrogens with two attached hydrogens (primary N) is 1. The van der Waals surface area contributed by atoms with Crippen LogP contribution in [0.4, 0.5) is 0 Å². The molecule has 0 unspecified atom stereocenters. The molecule has 0 amide bonds. The van der Waals surface area contributed by atoms with Gasteiger partial charge in [-0.3, -0.25) is 4.79 Å². The van der Waals surface area contributed by atoms with E-state index in [0.29, 0.717) is 0 Å². The monoisotopic (exact) mass is 271 g/mol. The largest absolute Gasteiger partial charge is 0.469 e. The van der Waals surface area contributed by atoms with Crippen molar-refractivity contribution in [2.75, 3.05) is 7.11 Å². The molecular formula is C11H14BrNO2. The number of halogens is 1. The van der Waals surface area contributed by atoms with Gasteiger partial charge in [0.1, 0.15) is 0 Å². The molecule has 1 atom stereocenters. The van der Waals surface area contributed by atoms with E-state index >= 15 is 0 Å². The molecule has 1 aromatic carbocycles. The van der Waals surface area contributed by atoms with E-state index in [9.17, 15) is 4.79 Å². The fourth-order valence-electron chi connectivity index (χ4n) is 1.40. The average Bonchev–Trinajstić information content (AvgIpc) is 2.21. The van der Waals surface area contributed by atoms with E-state index in [1.54, 1.807) is 0 Å². The topological polar surface area (TPSA) is 52.3 Å². The first-order valence-corrected chi connectivity index (χ1v) is 5.43. The Balaban J connectivity index is 2.86. The summed E-state index contributed by atoms with van der Waals surface area (Å²) in [6.07, 6.45) is 0.202. The lowest BCUT2D eigenvalue weighted by Gasteiger charge is -2.14. The Morgan fingerprint density at radius 2 is 2.27 bits per heavy atom. The third-order valence-electron chi connectivity index (χ3n) is 2.32. The number of hydrogen-bond acceptors (Lipinski definition) is 3. The maximum Gasteiger partial charge on any atom is 0.307 e. The van der Waals surface area contributed by atoms with Crippen LogP contribution in [0.2, 0.25) is 0 Å². The summed E-state index contributed by atoms with van der Waals surface area (Å²) in [6.45, 7) is 1.97. The highest BCUT2D eigenvalue weighted by Crippen LogP contribution is 2.25. The van der Waals surface area contributed by atoms with E-state index in [1.165, 1.54) is 7.11 Å². The van der Waals surface area contributed by atoms with Gasteiger partial charge in [-0.15, -0.1) is 0 Å². The highest BCUT2D eigenvalue weighted by atomic mass is 79.9. The Morgan fingerprint density at radius 3 is 2.87 bits per heavy atom. The van der Waals surface area contributed by atoms with Crippen LogP contribution in [0.5, 0.6) is 0 Å². The number of rotatable bonds is 3. The van der Waals surface area contributed by atoms with E-state index in [4.69, 9.17) is 5.73 Å². The van der Waals surface area contributed by atoms with Crippen LogP contribution in [0.1, 0.15) is 23.6 Å². The van der Waals surface area contributed by atoms with Gasteiger partial charge in [-0.25, -0.2) is 0 Å². The zero-order chi connectivity index (χ0) is 11.4. The first kappa shape index (κ1) is 12.2. The average molecular weight is 272 g/mol. The van der Waals surface area contributed by atoms with Crippen LogP contribution < -0.4 is 5.73 Å². The molecule has 0 aliphatic carbocycles. The van der Waals surface area contributed by atoms with Crippen molar-refractivity contribution in [1.29, 1.82) is 0 Å². The van der Waals surface area contributed by atoms with Gasteiger partial charge in [-0.2, -0.15) is 0 Å². The van der Waals surface area contributed by atoms with Crippen molar-refractivity contribution in [2.45, 2.75) is 19.4 Å². The second-order valence-electron chi connectivity index (χ2n) is 3.34. The van der Waals surface area contributed by atoms with E-state index in [0.717, 1.165) is 15.6 Å². The van der Waals surface area contributed by atoms with Crippen molar-refractivity contribution in [2.24, 2.45) is 5.73 Å². The SMILES string of the molecule is COC(=O)C[C@@H](N)c1cccc(Br)c1C. The fourth-order valence-corrected chi connectivity index (χ4v) is 1.78. The Kier molecular flexibility index (Phi) is 4.29. The molecule has 0 fully saturated rings. The molecule has 15 heavy (non-hydrogen) atoms. The first-order chi connectivity index (χ1) is 7.06. The molecule has 0 bridgehead atoms. The second-order valence-corrected chi connectivity index (χ2v) is 4.20. The zero-order valence-corrected chi connectivity index (χ0v) is 10.4. The Morgan fingerprint density at radius 1 is 1.60 bits per heavy atom. The molecule has 0 aliphatic rings. The van der Waals surface area contributed by atoms with Gasteiger partial charge in [-0.1, -0.05) is 28.1 Å². The van der Waals surface area contributed by atoms with Gasteiger partial charge in [0.15, 0.2) is 0 Å². The van der Waals surface area contributed by atoms with Gasteiger partial charge in [0.25, 0.3) is 0 Å². The molecule has 82 valence electrons. The molecule has 1 aromatic rings. The predicted molar refractivity (Wildman–Crippen MR) is 62.4 cm³/mol. The molecule has 0 saturated heterocycles. The fraction of sp³-hybridized carbons (Fsp3) is 0.364. The summed E-state index contributed by atoms with van der Waals surface area (Å²) in [5, 5.41) is 0. The van der Waals surface area contributed by atoms with Gasteiger partial charge in [0, 0.05) is 10.5 Å². The number of carbonyl (C=O) groups is 1. The van der Waals surface area contributed by atoms with Gasteiger partial charge < -0.3 is 10.5 Å². The van der Waals surface area contributed by atoms with Crippen molar-refractivity contribution >= 4 is 21.9 Å². The number of carbonyl (C=O) groups excluding carboxylic acids is 1. The molecule has 0 radical (unpaired) electrons. The number of benzene rings is 1. The predicted octanol–water partition coefficient (Wildman–Crippen LogP) is 2.32. The van der Waals surface area contributed by atoms with Crippen LogP contribution >= 0.6 is 15.9 Å². The lowest BCUT2D eigenvalue weighted by atomic mass is 10.00. The highest BCUT2D eigenvalue weighted by molar-refractivity contribution is 9.10. The standard InChI is InChI=1S/C11H14BrNO2/c1-7-8(4-3-5-9(7)12)10(13)6-11(14)15-2/h3-5,10H,6,13H2,1-2H3/t10-/m1/s1. The van der Waals surface area contributed by atoms with Crippen LogP contribution in [-0.4, -0.2) is 13.1 Å². The van der Waals surface area contributed by atoms with Crippen molar-refractivity contribution in [3.05, 3.63) is 33.8 Å². The minimum atomic E-state index is -0.310. The normalized spacial score (nSPS) is 12.3. The molecule has 3 nitrogen and oxygen atoms in total. The van der Waals surface area contributed by atoms with Crippen LogP contribution in [0.15, 0.2) is 22.7 Å². The van der Waals surface area contributed by atoms with Crippen molar-refractivity contribution in [3.63, 3.8) is 0 Å². The molecule has 0 aliphatic heterocycles. The van der Waals surface area contributed by atoms with Gasteiger partial charge in [0.05, 0.1) is 13.5 Å². The van der Waals surface area contributed by atoms with Gasteiger partial charge >= 0.3 is 5.97 Å². The summed E-state index contributed by atoms with van der Waals surface area (Å²) in [7, 11) is 1.36. The summed E-state index contributed by atoms with van der Waals surface area (Å²) < 4.78 is 5.58. The van der Waals surface area contributed by atoms with Crippen LogP contribution in [0.25, 0.3) is 0 Å². The number of hydrogen-bond donors (Lipinski definition) is 1. The molecule has 2 N–H and O–H groups in total. The molecule has 0 heterocycles. The van der Waals surface area contributed by atoms with Gasteiger partial charge in [0.2, 0.25) is 0 Å². The maximum absolute atomic E-state index is 11.1. The minimum Gasteiger partial charge on any atom is -0.469 e. The maximum atomic E-state index is 11.1.